The Labute approximate surface area is 473 Å². The molecule has 0 radical (unpaired) electrons. The number of hydrogen-bond acceptors (Lipinski definition) is 17. The molecular weight excluding hydrogens is 1350 g/mol. The van der Waals surface area contributed by atoms with E-state index in [1.165, 1.54) is 13.0 Å². The summed E-state index contributed by atoms with van der Waals surface area (Å²) in [6, 6.07) is 0. The number of hydrogen-bond donors (Lipinski definition) is 3. The molecule has 75 heavy (non-hydrogen) atoms. The molecule has 4 unspecified atom stereocenters. The average Bonchev–Trinajstić information content (AvgIpc) is 3.88. The number of cyclic esters (lactones) is 2. The van der Waals surface area contributed by atoms with Gasteiger partial charge in [-0.3, -0.25) is 19.2 Å². The summed E-state index contributed by atoms with van der Waals surface area (Å²) in [4.78, 5) is 52.6. The molecule has 0 aliphatic carbocycles. The van der Waals surface area contributed by atoms with Crippen molar-refractivity contribution < 1.29 is 117 Å². The van der Waals surface area contributed by atoms with E-state index in [2.05, 4.69) is 67.5 Å². The van der Waals surface area contributed by atoms with E-state index in [9.17, 15) is 51.0 Å². The molecule has 3 N–H and O–H groups in total. The van der Waals surface area contributed by atoms with Crippen molar-refractivity contribution >= 4 is 66.9 Å². The van der Waals surface area contributed by atoms with Crippen LogP contribution in [-0.4, -0.2) is 182 Å². The van der Waals surface area contributed by atoms with Crippen LogP contribution in [0.1, 0.15) is 144 Å². The molecule has 450 valence electrons. The number of rotatable bonds is 15. The molecule has 4 atom stereocenters. The quantitative estimate of drug-likeness (QED) is 0.0553. The van der Waals surface area contributed by atoms with Crippen LogP contribution >= 0.6 is 37.2 Å². The van der Waals surface area contributed by atoms with Gasteiger partial charge in [0.05, 0.1) is 61.7 Å². The number of Topliss-reactive ketones (excluding diaryl/α,β-unsaturated/α-hetero) is 1. The summed E-state index contributed by atoms with van der Waals surface area (Å²) in [6.07, 6.45) is -0.0381. The number of carbonyl (C=O) groups is 5. The third-order valence-electron chi connectivity index (χ3n) is 7.29. The van der Waals surface area contributed by atoms with Gasteiger partial charge < -0.3 is 58.0 Å². The average molecular weight is 1440 g/mol. The van der Waals surface area contributed by atoms with Gasteiger partial charge in [-0.05, 0) is 125 Å². The maximum atomic E-state index is 12.9. The van der Waals surface area contributed by atoms with Crippen molar-refractivity contribution in [1.29, 1.82) is 0 Å². The van der Waals surface area contributed by atoms with Crippen molar-refractivity contribution in [3.8, 4) is 0 Å². The van der Waals surface area contributed by atoms with E-state index < -0.39 is 92.0 Å². The Balaban J connectivity index is -0.000000257. The van der Waals surface area contributed by atoms with Crippen LogP contribution in [0.2, 0.25) is 0 Å². The first-order chi connectivity index (χ1) is 33.7. The molecule has 3 rings (SSSR count). The van der Waals surface area contributed by atoms with E-state index in [1.807, 2.05) is 62.3 Å². The zero-order chi connectivity index (χ0) is 60.3. The molecule has 3 aliphatic rings. The number of alkyl halides is 5. The molecule has 2 fully saturated rings. The second-order valence-corrected chi connectivity index (χ2v) is 39.0. The van der Waals surface area contributed by atoms with Crippen LogP contribution in [-0.2, 0) is 66.6 Å². The minimum atomic E-state index is -1.82. The molecule has 0 spiro atoms. The first kappa shape index (κ1) is 82.6. The molecule has 3 aliphatic heterocycles. The van der Waals surface area contributed by atoms with E-state index in [0.717, 1.165) is 13.2 Å². The van der Waals surface area contributed by atoms with Gasteiger partial charge in [-0.2, -0.15) is 0 Å². The van der Waals surface area contributed by atoms with Crippen molar-refractivity contribution in [1.82, 2.24) is 0 Å². The normalized spacial score (nSPS) is 18.2. The van der Waals surface area contributed by atoms with Crippen molar-refractivity contribution in [2.75, 3.05) is 79.6 Å². The van der Waals surface area contributed by atoms with Crippen LogP contribution < -0.4 is 13.3 Å². The summed E-state index contributed by atoms with van der Waals surface area (Å²) >= 11 is 5.30. The Hall–Kier alpha value is -1.19. The third kappa shape index (κ3) is 67.0. The Morgan fingerprint density at radius 1 is 0.760 bits per heavy atom. The van der Waals surface area contributed by atoms with Gasteiger partial charge in [-0.25, -0.2) is 26.7 Å². The maximum absolute atomic E-state index is 12.9. The number of ether oxygens (including phenoxy) is 9. The second-order valence-electron chi connectivity index (χ2n) is 22.7. The minimum absolute atomic E-state index is 0.00799. The van der Waals surface area contributed by atoms with Gasteiger partial charge in [-0.1, -0.05) is 0 Å². The minimum Gasteiger partial charge on any atom is -0.462 e. The molecule has 17 nitrogen and oxygen atoms in total. The fraction of sp³-hybridized carbons (Fsp3) is 0.860. The summed E-state index contributed by atoms with van der Waals surface area (Å²) in [5.74, 6) is -2.33. The number of ketones is 1. The van der Waals surface area contributed by atoms with Gasteiger partial charge in [-0.15, -0.1) is 0 Å². The van der Waals surface area contributed by atoms with Gasteiger partial charge in [0.1, 0.15) is 81.1 Å². The molecule has 2 saturated heterocycles. The molecule has 25 heteroatoms. The smallest absolute Gasteiger partial charge is 0.331 e. The van der Waals surface area contributed by atoms with Gasteiger partial charge in [0.2, 0.25) is 0 Å². The number of aliphatic hydroxyl groups excluding tert-OH is 1. The summed E-state index contributed by atoms with van der Waals surface area (Å²) in [5, 5.41) is 27.6. The maximum Gasteiger partial charge on any atom is 0.331 e. The molecule has 0 amide bonds. The van der Waals surface area contributed by atoms with Crippen LogP contribution in [0.3, 0.4) is 0 Å². The third-order valence-corrected chi connectivity index (χ3v) is 7.29. The van der Waals surface area contributed by atoms with Gasteiger partial charge in [0.15, 0.2) is 12.5 Å². The van der Waals surface area contributed by atoms with Crippen LogP contribution in [0.4, 0.5) is 22.0 Å². The topological polar surface area (TPSA) is 232 Å². The van der Waals surface area contributed by atoms with E-state index >= 15 is 0 Å². The number of aliphatic hydroxyl groups is 3. The molecule has 3 heterocycles. The van der Waals surface area contributed by atoms with Crippen molar-refractivity contribution in [2.45, 2.75) is 201 Å². The van der Waals surface area contributed by atoms with Gasteiger partial charge >= 0.3 is 74.4 Å². The number of halogens is 8. The molecule has 0 bridgehead atoms. The first-order valence-electron chi connectivity index (χ1n) is 23.6. The summed E-state index contributed by atoms with van der Waals surface area (Å²) in [7, 11) is 0. The molecule has 0 aromatic heterocycles. The standard InChI is InChI=1S/C13H25FO4.C7H15FO2.C7H13FO2.C7H14O2.C6H12O2.C5H7FO3.C5H5FO2.I3/c1-11(2,3)17-9-13(16,8-14)7-10(15)18-12(4,5)6;2*1-7(2,3)10-5-6(9)4-8;1-7(2,3)9-5-6-4-8-6;1-5(7)8-6(2,3)4;6-2-5(8)1-4(7)9-3-5;6-2-4-1-5(7)8-3-4;1-3-2/h16H,7-9H2,1-6H3;6,9H,4-5H2,1-3H3;4-5H2,1-3H3;6H,4-5H2,1-3H3;1-4H3;8H,1-3H2;1H,2-3H2;/q;;;;;;;-1. The van der Waals surface area contributed by atoms with Crippen molar-refractivity contribution in [2.24, 2.45) is 0 Å². The summed E-state index contributed by atoms with van der Waals surface area (Å²) in [6.45, 7) is 31.7. The fourth-order valence-corrected chi connectivity index (χ4v) is 3.96. The Morgan fingerprint density at radius 3 is 1.48 bits per heavy atom. The molecular formula is C50H91F5I3O17-. The van der Waals surface area contributed by atoms with Crippen LogP contribution in [0, 0.1) is 0 Å². The fourth-order valence-electron chi connectivity index (χ4n) is 3.96. The van der Waals surface area contributed by atoms with Crippen LogP contribution in [0.15, 0.2) is 11.6 Å². The Bertz CT molecular complexity index is 1600. The predicted octanol–water partition coefficient (Wildman–Crippen LogP) is 6.10. The summed E-state index contributed by atoms with van der Waals surface area (Å²) < 4.78 is 104. The van der Waals surface area contributed by atoms with Gasteiger partial charge in [0.25, 0.3) is 0 Å². The zero-order valence-corrected chi connectivity index (χ0v) is 54.2. The predicted molar refractivity (Wildman–Crippen MR) is 288 cm³/mol. The second kappa shape index (κ2) is 40.9. The Kier molecular flexibility index (Phi) is 45.1. The van der Waals surface area contributed by atoms with E-state index in [4.69, 9.17) is 43.4 Å². The SMILES string of the molecule is CC(=O)OC(C)(C)C.CC(C)(C)OCC(=O)CF.CC(C)(C)OCC(O)(CF)CC(=O)OC(C)(C)C.CC(C)(C)OCC(O)CF.CC(C)(C)OCC1CO1.I[I-]I.O=C1C=C(CF)CO1.O=C1CC(O)(CF)CO1. The van der Waals surface area contributed by atoms with Crippen LogP contribution in [0.25, 0.3) is 0 Å². The van der Waals surface area contributed by atoms with E-state index in [0.29, 0.717) is 24.9 Å². The monoisotopic (exact) mass is 1440 g/mol. The van der Waals surface area contributed by atoms with Crippen molar-refractivity contribution in [3.05, 3.63) is 11.6 Å². The van der Waals surface area contributed by atoms with Gasteiger partial charge in [0, 0.05) is 18.6 Å². The number of epoxide rings is 1. The number of carbonyl (C=O) groups excluding carboxylic acids is 5. The first-order valence-corrected chi connectivity index (χ1v) is 36.2. The molecule has 0 saturated carbocycles. The summed E-state index contributed by atoms with van der Waals surface area (Å²) in [5.41, 5.74) is -5.07. The van der Waals surface area contributed by atoms with Crippen molar-refractivity contribution in [3.63, 3.8) is 0 Å². The molecule has 0 aromatic rings. The van der Waals surface area contributed by atoms with Crippen LogP contribution in [0.5, 0.6) is 0 Å². The zero-order valence-electron chi connectivity index (χ0n) is 47.7. The number of esters is 4. The molecule has 0 aromatic carbocycles. The Morgan fingerprint density at radius 2 is 1.23 bits per heavy atom. The largest absolute Gasteiger partial charge is 0.462 e. The van der Waals surface area contributed by atoms with E-state index in [-0.39, 0.29) is 67.8 Å². The van der Waals surface area contributed by atoms with E-state index in [1.54, 1.807) is 41.5 Å².